The highest BCUT2D eigenvalue weighted by Gasteiger charge is 2.27. The van der Waals surface area contributed by atoms with Crippen LogP contribution in [0.3, 0.4) is 0 Å². The Bertz CT molecular complexity index is 434. The number of carbonyl (C=O) groups is 2. The van der Waals surface area contributed by atoms with Gasteiger partial charge in [0.25, 0.3) is 0 Å². The van der Waals surface area contributed by atoms with Gasteiger partial charge in [-0.2, -0.15) is 11.8 Å². The third-order valence-electron chi connectivity index (χ3n) is 2.54. The lowest BCUT2D eigenvalue weighted by atomic mass is 10.3. The number of carboxylic acids is 1. The van der Waals surface area contributed by atoms with E-state index in [1.54, 1.807) is 4.68 Å². The third-order valence-corrected chi connectivity index (χ3v) is 3.57. The Balaban J connectivity index is 1.81. The van der Waals surface area contributed by atoms with Gasteiger partial charge in [-0.3, -0.25) is 4.79 Å². The van der Waals surface area contributed by atoms with Crippen LogP contribution >= 0.6 is 11.8 Å². The van der Waals surface area contributed by atoms with Crippen LogP contribution in [-0.2, 0) is 15.3 Å². The van der Waals surface area contributed by atoms with E-state index in [4.69, 9.17) is 5.11 Å². The lowest BCUT2D eigenvalue weighted by molar-refractivity contribution is -0.139. The number of thioether (sulfide) groups is 1. The van der Waals surface area contributed by atoms with Crippen molar-refractivity contribution in [2.24, 2.45) is 0 Å². The van der Waals surface area contributed by atoms with E-state index < -0.39 is 12.0 Å². The summed E-state index contributed by atoms with van der Waals surface area (Å²) >= 11 is 1.38. The largest absolute Gasteiger partial charge is 0.480 e. The van der Waals surface area contributed by atoms with Crippen LogP contribution < -0.4 is 5.32 Å². The molecule has 9 heteroatoms. The summed E-state index contributed by atoms with van der Waals surface area (Å²) in [5.41, 5.74) is 0. The van der Waals surface area contributed by atoms with E-state index in [1.165, 1.54) is 11.8 Å². The maximum Gasteiger partial charge on any atom is 0.327 e. The summed E-state index contributed by atoms with van der Waals surface area (Å²) in [4.78, 5) is 21.0. The number of carboxylic acid groups (broad SMARTS) is 1. The molecule has 0 bridgehead atoms. The van der Waals surface area contributed by atoms with Crippen LogP contribution in [0.4, 0.5) is 0 Å². The van der Waals surface area contributed by atoms with E-state index in [0.717, 1.165) is 18.7 Å². The van der Waals surface area contributed by atoms with Crippen molar-refractivity contribution in [1.29, 1.82) is 0 Å². The number of hydrogen-bond acceptors (Lipinski definition) is 6. The minimum atomic E-state index is -1.05. The van der Waals surface area contributed by atoms with Crippen molar-refractivity contribution in [3.05, 3.63) is 5.82 Å². The summed E-state index contributed by atoms with van der Waals surface area (Å²) < 4.78 is 1.79. The molecule has 98 valence electrons. The lowest BCUT2D eigenvalue weighted by Gasteiger charge is -2.10. The van der Waals surface area contributed by atoms with Gasteiger partial charge in [0.15, 0.2) is 5.82 Å². The molecule has 0 saturated heterocycles. The number of aromatic nitrogens is 4. The SMILES string of the molecule is O=CNC(CSCc1nnnn1C1CC1)C(=O)O. The minimum Gasteiger partial charge on any atom is -0.480 e. The Kier molecular flexibility index (Phi) is 4.13. The Morgan fingerprint density at radius 3 is 3.06 bits per heavy atom. The molecule has 0 radical (unpaired) electrons. The Labute approximate surface area is 107 Å². The maximum atomic E-state index is 10.8. The average Bonchev–Trinajstić information content (AvgIpc) is 3.08. The molecule has 1 heterocycles. The highest BCUT2D eigenvalue weighted by molar-refractivity contribution is 7.98. The Hall–Kier alpha value is -1.64. The number of rotatable bonds is 8. The zero-order valence-electron chi connectivity index (χ0n) is 9.52. The van der Waals surface area contributed by atoms with Crippen LogP contribution in [0.5, 0.6) is 0 Å². The topological polar surface area (TPSA) is 110 Å². The van der Waals surface area contributed by atoms with Crippen LogP contribution in [0, 0.1) is 0 Å². The minimum absolute atomic E-state index is 0.283. The molecule has 1 atom stereocenters. The molecule has 1 amide bonds. The molecule has 0 aliphatic heterocycles. The molecule has 1 aromatic heterocycles. The van der Waals surface area contributed by atoms with Crippen molar-refractivity contribution >= 4 is 24.1 Å². The summed E-state index contributed by atoms with van der Waals surface area (Å²) in [5, 5.41) is 22.5. The van der Waals surface area contributed by atoms with Crippen molar-refractivity contribution in [3.63, 3.8) is 0 Å². The monoisotopic (exact) mass is 271 g/mol. The second-order valence-electron chi connectivity index (χ2n) is 3.96. The van der Waals surface area contributed by atoms with E-state index in [1.807, 2.05) is 0 Å². The Morgan fingerprint density at radius 2 is 2.44 bits per heavy atom. The number of nitrogens with one attached hydrogen (secondary N) is 1. The van der Waals surface area contributed by atoms with Gasteiger partial charge in [-0.1, -0.05) is 0 Å². The fourth-order valence-electron chi connectivity index (χ4n) is 1.45. The van der Waals surface area contributed by atoms with Crippen LogP contribution in [0.25, 0.3) is 0 Å². The fourth-order valence-corrected chi connectivity index (χ4v) is 2.42. The molecule has 2 N–H and O–H groups in total. The summed E-state index contributed by atoms with van der Waals surface area (Å²) in [6, 6.07) is -0.475. The van der Waals surface area contributed by atoms with Gasteiger partial charge in [-0.05, 0) is 23.3 Å². The quantitative estimate of drug-likeness (QED) is 0.610. The summed E-state index contributed by atoms with van der Waals surface area (Å²) in [6.07, 6.45) is 2.58. The van der Waals surface area contributed by atoms with Crippen molar-refractivity contribution in [2.45, 2.75) is 30.7 Å². The van der Waals surface area contributed by atoms with Gasteiger partial charge < -0.3 is 10.4 Å². The van der Waals surface area contributed by atoms with Crippen molar-refractivity contribution in [3.8, 4) is 0 Å². The van der Waals surface area contributed by atoms with Gasteiger partial charge in [0.2, 0.25) is 6.41 Å². The van der Waals surface area contributed by atoms with Gasteiger partial charge in [-0.15, -0.1) is 5.10 Å². The fraction of sp³-hybridized carbons (Fsp3) is 0.667. The first-order valence-corrected chi connectivity index (χ1v) is 6.65. The lowest BCUT2D eigenvalue weighted by Crippen LogP contribution is -2.37. The molecule has 8 nitrogen and oxygen atoms in total. The van der Waals surface area contributed by atoms with Crippen molar-refractivity contribution in [1.82, 2.24) is 25.5 Å². The van der Waals surface area contributed by atoms with E-state index >= 15 is 0 Å². The number of amides is 1. The molecule has 0 spiro atoms. The molecule has 1 aliphatic carbocycles. The number of nitrogens with zero attached hydrogens (tertiary/aromatic N) is 4. The molecule has 1 unspecified atom stereocenters. The average molecular weight is 271 g/mol. The van der Waals surface area contributed by atoms with Gasteiger partial charge in [0.1, 0.15) is 6.04 Å². The number of aliphatic carboxylic acids is 1. The molecule has 1 aromatic rings. The normalized spacial score (nSPS) is 16.2. The van der Waals surface area contributed by atoms with Gasteiger partial charge in [0, 0.05) is 5.75 Å². The highest BCUT2D eigenvalue weighted by Crippen LogP contribution is 2.34. The predicted molar refractivity (Wildman–Crippen MR) is 62.9 cm³/mol. The molecule has 1 aliphatic rings. The first-order valence-electron chi connectivity index (χ1n) is 5.49. The van der Waals surface area contributed by atoms with Crippen LogP contribution in [-0.4, -0.2) is 49.5 Å². The summed E-state index contributed by atoms with van der Waals surface area (Å²) in [6.45, 7) is 0. The molecule has 0 aromatic carbocycles. The van der Waals surface area contributed by atoms with E-state index in [2.05, 4.69) is 20.8 Å². The van der Waals surface area contributed by atoms with Gasteiger partial charge >= 0.3 is 5.97 Å². The molecule has 2 rings (SSSR count). The van der Waals surface area contributed by atoms with Gasteiger partial charge in [-0.25, -0.2) is 9.48 Å². The van der Waals surface area contributed by atoms with Crippen LogP contribution in [0.15, 0.2) is 0 Å². The third kappa shape index (κ3) is 3.19. The number of tetrazole rings is 1. The van der Waals surface area contributed by atoms with Gasteiger partial charge in [0.05, 0.1) is 11.8 Å². The molecular weight excluding hydrogens is 258 g/mol. The second-order valence-corrected chi connectivity index (χ2v) is 4.99. The summed E-state index contributed by atoms with van der Waals surface area (Å²) in [5.74, 6) is 0.522. The standard InChI is InChI=1S/C9H13N5O3S/c15-5-10-7(9(16)17)3-18-4-8-11-12-13-14(8)6-1-2-6/h5-7H,1-4H2,(H,10,15)(H,16,17). The molecule has 18 heavy (non-hydrogen) atoms. The zero-order valence-corrected chi connectivity index (χ0v) is 10.3. The van der Waals surface area contributed by atoms with Crippen molar-refractivity contribution in [2.75, 3.05) is 5.75 Å². The molecular formula is C9H13N5O3S. The van der Waals surface area contributed by atoms with E-state index in [0.29, 0.717) is 18.2 Å². The van der Waals surface area contributed by atoms with Crippen LogP contribution in [0.2, 0.25) is 0 Å². The van der Waals surface area contributed by atoms with E-state index in [9.17, 15) is 9.59 Å². The second kappa shape index (κ2) is 5.80. The molecule has 1 saturated carbocycles. The van der Waals surface area contributed by atoms with Crippen LogP contribution in [0.1, 0.15) is 24.7 Å². The predicted octanol–water partition coefficient (Wildman–Crippen LogP) is -0.560. The maximum absolute atomic E-state index is 10.8. The first kappa shape index (κ1) is 12.8. The smallest absolute Gasteiger partial charge is 0.327 e. The first-order chi connectivity index (χ1) is 8.72. The highest BCUT2D eigenvalue weighted by atomic mass is 32.2. The summed E-state index contributed by atoms with van der Waals surface area (Å²) in [7, 11) is 0. The van der Waals surface area contributed by atoms with Crippen molar-refractivity contribution < 1.29 is 14.7 Å². The number of carbonyl (C=O) groups excluding carboxylic acids is 1. The molecule has 1 fully saturated rings. The number of hydrogen-bond donors (Lipinski definition) is 2. The Morgan fingerprint density at radius 1 is 1.67 bits per heavy atom. The zero-order chi connectivity index (χ0) is 13.0. The van der Waals surface area contributed by atoms with E-state index in [-0.39, 0.29) is 5.75 Å².